The van der Waals surface area contributed by atoms with Gasteiger partial charge >= 0.3 is 0 Å². The van der Waals surface area contributed by atoms with Crippen molar-refractivity contribution in [3.05, 3.63) is 23.7 Å². The van der Waals surface area contributed by atoms with E-state index >= 15 is 0 Å². The standard InChI is InChI=1S/C17H27N3O.HI/c1-12-5-8-15(21-12)13(2)20-16(18-3)19-11-17(9-4-10-17)14-6-7-14;/h5,8,13-14H,4,6-7,9-11H2,1-3H3,(H2,18,19,20);1H. The molecule has 2 aliphatic carbocycles. The highest BCUT2D eigenvalue weighted by Gasteiger charge is 2.48. The molecule has 4 nitrogen and oxygen atoms in total. The summed E-state index contributed by atoms with van der Waals surface area (Å²) >= 11 is 0. The first-order valence-corrected chi connectivity index (χ1v) is 8.16. The van der Waals surface area contributed by atoms with Crippen LogP contribution in [0.15, 0.2) is 21.5 Å². The van der Waals surface area contributed by atoms with Crippen LogP contribution in [0.3, 0.4) is 0 Å². The Balaban J connectivity index is 0.00000176. The Labute approximate surface area is 150 Å². The first kappa shape index (κ1) is 17.6. The van der Waals surface area contributed by atoms with Crippen LogP contribution in [0, 0.1) is 18.3 Å². The van der Waals surface area contributed by atoms with Crippen LogP contribution in [-0.4, -0.2) is 19.6 Å². The molecule has 0 aromatic carbocycles. The molecule has 124 valence electrons. The summed E-state index contributed by atoms with van der Waals surface area (Å²) < 4.78 is 5.67. The van der Waals surface area contributed by atoms with E-state index in [2.05, 4.69) is 22.5 Å². The van der Waals surface area contributed by atoms with Crippen molar-refractivity contribution in [1.29, 1.82) is 0 Å². The van der Waals surface area contributed by atoms with Gasteiger partial charge in [0, 0.05) is 13.6 Å². The lowest BCUT2D eigenvalue weighted by atomic mass is 9.65. The van der Waals surface area contributed by atoms with E-state index in [-0.39, 0.29) is 30.0 Å². The molecule has 0 bridgehead atoms. The molecule has 2 saturated carbocycles. The molecule has 2 aliphatic rings. The van der Waals surface area contributed by atoms with E-state index in [1.54, 1.807) is 0 Å². The predicted octanol–water partition coefficient (Wildman–Crippen LogP) is 4.01. The molecule has 5 heteroatoms. The Hall–Kier alpha value is -0.720. The number of halogens is 1. The molecule has 2 N–H and O–H groups in total. The molecular formula is C17H28IN3O. The Morgan fingerprint density at radius 1 is 1.41 bits per heavy atom. The van der Waals surface area contributed by atoms with E-state index in [4.69, 9.17) is 4.42 Å². The summed E-state index contributed by atoms with van der Waals surface area (Å²) in [7, 11) is 1.83. The van der Waals surface area contributed by atoms with E-state index in [0.29, 0.717) is 5.41 Å². The van der Waals surface area contributed by atoms with Crippen LogP contribution in [0.4, 0.5) is 0 Å². The third kappa shape index (κ3) is 3.78. The first-order chi connectivity index (χ1) is 10.1. The highest BCUT2D eigenvalue weighted by Crippen LogP contribution is 2.56. The Bertz CT molecular complexity index is 518. The molecule has 0 amide bonds. The first-order valence-electron chi connectivity index (χ1n) is 8.16. The third-order valence-electron chi connectivity index (χ3n) is 5.17. The van der Waals surface area contributed by atoms with Crippen molar-refractivity contribution < 1.29 is 4.42 Å². The van der Waals surface area contributed by atoms with Gasteiger partial charge in [-0.2, -0.15) is 0 Å². The molecule has 1 aromatic rings. The normalized spacial score (nSPS) is 21.5. The number of aliphatic imine (C=N–C) groups is 1. The maximum absolute atomic E-state index is 5.67. The van der Waals surface area contributed by atoms with Crippen molar-refractivity contribution >= 4 is 29.9 Å². The molecule has 1 unspecified atom stereocenters. The maximum Gasteiger partial charge on any atom is 0.191 e. The molecular weight excluding hydrogens is 389 g/mol. The Kier molecular flexibility index (Phi) is 5.80. The van der Waals surface area contributed by atoms with Crippen molar-refractivity contribution in [2.45, 2.75) is 52.0 Å². The molecule has 0 aliphatic heterocycles. The Morgan fingerprint density at radius 3 is 2.59 bits per heavy atom. The molecule has 0 saturated heterocycles. The van der Waals surface area contributed by atoms with Gasteiger partial charge in [0.25, 0.3) is 0 Å². The number of furan rings is 1. The maximum atomic E-state index is 5.67. The summed E-state index contributed by atoms with van der Waals surface area (Å²) in [4.78, 5) is 4.35. The van der Waals surface area contributed by atoms with E-state index in [0.717, 1.165) is 29.9 Å². The predicted molar refractivity (Wildman–Crippen MR) is 101 cm³/mol. The molecule has 2 fully saturated rings. The van der Waals surface area contributed by atoms with Gasteiger partial charge < -0.3 is 15.1 Å². The highest BCUT2D eigenvalue weighted by molar-refractivity contribution is 14.0. The van der Waals surface area contributed by atoms with Gasteiger partial charge in [-0.25, -0.2) is 0 Å². The fourth-order valence-electron chi connectivity index (χ4n) is 3.47. The molecule has 0 spiro atoms. The second-order valence-electron chi connectivity index (χ2n) is 6.73. The van der Waals surface area contributed by atoms with E-state index in [9.17, 15) is 0 Å². The van der Waals surface area contributed by atoms with Gasteiger partial charge in [-0.1, -0.05) is 6.42 Å². The van der Waals surface area contributed by atoms with Gasteiger partial charge in [0.05, 0.1) is 6.04 Å². The number of nitrogens with one attached hydrogen (secondary N) is 2. The largest absolute Gasteiger partial charge is 0.464 e. The molecule has 1 heterocycles. The zero-order valence-corrected chi connectivity index (χ0v) is 16.1. The fraction of sp³-hybridized carbons (Fsp3) is 0.706. The summed E-state index contributed by atoms with van der Waals surface area (Å²) in [5.74, 6) is 3.74. The number of nitrogens with zero attached hydrogens (tertiary/aromatic N) is 1. The Morgan fingerprint density at radius 2 is 2.14 bits per heavy atom. The zero-order chi connectivity index (χ0) is 14.9. The van der Waals surface area contributed by atoms with Gasteiger partial charge in [-0.15, -0.1) is 24.0 Å². The highest BCUT2D eigenvalue weighted by atomic mass is 127. The summed E-state index contributed by atoms with van der Waals surface area (Å²) in [6, 6.07) is 4.15. The van der Waals surface area contributed by atoms with Gasteiger partial charge in [-0.05, 0) is 63.0 Å². The van der Waals surface area contributed by atoms with Crippen molar-refractivity contribution in [2.75, 3.05) is 13.6 Å². The lowest BCUT2D eigenvalue weighted by Gasteiger charge is -2.43. The van der Waals surface area contributed by atoms with Gasteiger partial charge in [-0.3, -0.25) is 4.99 Å². The van der Waals surface area contributed by atoms with Crippen LogP contribution >= 0.6 is 24.0 Å². The van der Waals surface area contributed by atoms with Crippen LogP contribution in [0.25, 0.3) is 0 Å². The average molecular weight is 417 g/mol. The summed E-state index contributed by atoms with van der Waals surface area (Å²) in [6.45, 7) is 5.13. The number of guanidine groups is 1. The second-order valence-corrected chi connectivity index (χ2v) is 6.73. The lowest BCUT2D eigenvalue weighted by Crippen LogP contribution is -2.47. The van der Waals surface area contributed by atoms with Crippen LogP contribution in [-0.2, 0) is 0 Å². The quantitative estimate of drug-likeness (QED) is 0.433. The van der Waals surface area contributed by atoms with Crippen LogP contribution in [0.1, 0.15) is 56.6 Å². The molecule has 1 aromatic heterocycles. The number of hydrogen-bond donors (Lipinski definition) is 2. The molecule has 0 radical (unpaired) electrons. The van der Waals surface area contributed by atoms with E-state index < -0.39 is 0 Å². The molecule has 22 heavy (non-hydrogen) atoms. The van der Waals surface area contributed by atoms with Crippen LogP contribution in [0.5, 0.6) is 0 Å². The third-order valence-corrected chi connectivity index (χ3v) is 5.17. The van der Waals surface area contributed by atoms with Crippen molar-refractivity contribution in [3.8, 4) is 0 Å². The monoisotopic (exact) mass is 417 g/mol. The minimum atomic E-state index is 0. The fourth-order valence-corrected chi connectivity index (χ4v) is 3.47. The zero-order valence-electron chi connectivity index (χ0n) is 13.8. The molecule has 1 atom stereocenters. The number of rotatable bonds is 5. The minimum absolute atomic E-state index is 0. The van der Waals surface area contributed by atoms with Crippen molar-refractivity contribution in [1.82, 2.24) is 10.6 Å². The molecule has 3 rings (SSSR count). The summed E-state index contributed by atoms with van der Waals surface area (Å²) in [6.07, 6.45) is 7.01. The van der Waals surface area contributed by atoms with Crippen molar-refractivity contribution in [3.63, 3.8) is 0 Å². The summed E-state index contributed by atoms with van der Waals surface area (Å²) in [5.41, 5.74) is 0.558. The van der Waals surface area contributed by atoms with Crippen LogP contribution < -0.4 is 10.6 Å². The van der Waals surface area contributed by atoms with Gasteiger partial charge in [0.2, 0.25) is 0 Å². The topological polar surface area (TPSA) is 49.6 Å². The number of hydrogen-bond acceptors (Lipinski definition) is 2. The van der Waals surface area contributed by atoms with E-state index in [1.807, 2.05) is 26.1 Å². The minimum Gasteiger partial charge on any atom is -0.464 e. The van der Waals surface area contributed by atoms with Gasteiger partial charge in [0.15, 0.2) is 5.96 Å². The van der Waals surface area contributed by atoms with E-state index in [1.165, 1.54) is 32.1 Å². The lowest BCUT2D eigenvalue weighted by molar-refractivity contribution is 0.105. The van der Waals surface area contributed by atoms with Crippen molar-refractivity contribution in [2.24, 2.45) is 16.3 Å². The average Bonchev–Trinajstić information content (AvgIpc) is 3.17. The second kappa shape index (κ2) is 7.23. The SMILES string of the molecule is CN=C(NCC1(C2CC2)CCC1)NC(C)c1ccc(C)o1.I. The van der Waals surface area contributed by atoms with Crippen LogP contribution in [0.2, 0.25) is 0 Å². The number of aryl methyl sites for hydroxylation is 1. The smallest absolute Gasteiger partial charge is 0.191 e. The van der Waals surface area contributed by atoms with Gasteiger partial charge in [0.1, 0.15) is 11.5 Å². The summed E-state index contributed by atoms with van der Waals surface area (Å²) in [5, 5.41) is 6.96.